The van der Waals surface area contributed by atoms with E-state index in [1.54, 1.807) is 0 Å². The lowest BCUT2D eigenvalue weighted by Crippen LogP contribution is -2.60. The van der Waals surface area contributed by atoms with E-state index in [-0.39, 0.29) is 12.5 Å². The van der Waals surface area contributed by atoms with Gasteiger partial charge in [-0.05, 0) is 44.9 Å². The highest BCUT2D eigenvalue weighted by atomic mass is 16.7. The predicted octanol–water partition coefficient (Wildman–Crippen LogP) is 12.0. The van der Waals surface area contributed by atoms with Gasteiger partial charge in [0.25, 0.3) is 0 Å². The Hall–Kier alpha value is -1.59. The fourth-order valence-corrected chi connectivity index (χ4v) is 8.35. The summed E-state index contributed by atoms with van der Waals surface area (Å²) in [4.78, 5) is 13.0. The fraction of sp³-hybridized carbons (Fsp3) is 0.868. The van der Waals surface area contributed by atoms with Gasteiger partial charge >= 0.3 is 0 Å². The van der Waals surface area contributed by atoms with Gasteiger partial charge in [-0.1, -0.05) is 224 Å². The summed E-state index contributed by atoms with van der Waals surface area (Å²) in [7, 11) is 0. The zero-order chi connectivity index (χ0) is 45.1. The smallest absolute Gasteiger partial charge is 0.220 e. The second-order valence-corrected chi connectivity index (χ2v) is 18.3. The Bertz CT molecular complexity index is 1070. The largest absolute Gasteiger partial charge is 0.394 e. The topological polar surface area (TPSA) is 149 Å². The number of rotatable bonds is 44. The van der Waals surface area contributed by atoms with Gasteiger partial charge < -0.3 is 40.3 Å². The zero-order valence-corrected chi connectivity index (χ0v) is 40.1. The first-order valence-corrected chi connectivity index (χ1v) is 26.2. The number of aliphatic hydroxyl groups excluding tert-OH is 5. The molecule has 7 unspecified atom stereocenters. The average molecular weight is 878 g/mol. The van der Waals surface area contributed by atoms with Crippen LogP contribution >= 0.6 is 0 Å². The highest BCUT2D eigenvalue weighted by Gasteiger charge is 2.44. The first-order chi connectivity index (χ1) is 30.3. The summed E-state index contributed by atoms with van der Waals surface area (Å²) in [6.07, 6.45) is 47.4. The first kappa shape index (κ1) is 58.4. The second kappa shape index (κ2) is 43.3. The molecule has 0 aliphatic carbocycles. The number of carbonyl (C=O) groups excluding carboxylic acids is 1. The molecule has 9 nitrogen and oxygen atoms in total. The lowest BCUT2D eigenvalue weighted by atomic mass is 9.99. The molecule has 62 heavy (non-hydrogen) atoms. The number of aliphatic hydroxyl groups is 5. The molecular weight excluding hydrogens is 779 g/mol. The molecule has 1 rings (SSSR count). The van der Waals surface area contributed by atoms with E-state index in [4.69, 9.17) is 9.47 Å². The van der Waals surface area contributed by atoms with E-state index >= 15 is 0 Å². The summed E-state index contributed by atoms with van der Waals surface area (Å²) in [5, 5.41) is 54.5. The monoisotopic (exact) mass is 878 g/mol. The van der Waals surface area contributed by atoms with Crippen molar-refractivity contribution in [1.82, 2.24) is 5.32 Å². The molecule has 1 saturated heterocycles. The van der Waals surface area contributed by atoms with Crippen LogP contribution in [0.25, 0.3) is 0 Å². The van der Waals surface area contributed by atoms with Gasteiger partial charge in [0.1, 0.15) is 24.4 Å². The number of ether oxygens (including phenoxy) is 2. The quantitative estimate of drug-likeness (QED) is 0.0262. The van der Waals surface area contributed by atoms with Crippen LogP contribution in [0.15, 0.2) is 36.5 Å². The van der Waals surface area contributed by atoms with E-state index < -0.39 is 49.5 Å². The molecule has 0 aromatic rings. The van der Waals surface area contributed by atoms with Gasteiger partial charge in [0.05, 0.1) is 25.4 Å². The Labute approximate surface area is 381 Å². The van der Waals surface area contributed by atoms with Crippen LogP contribution in [0, 0.1) is 0 Å². The molecule has 1 aliphatic heterocycles. The minimum absolute atomic E-state index is 0.145. The van der Waals surface area contributed by atoms with Crippen molar-refractivity contribution in [3.63, 3.8) is 0 Å². The van der Waals surface area contributed by atoms with Crippen LogP contribution in [0.3, 0.4) is 0 Å². The van der Waals surface area contributed by atoms with Crippen molar-refractivity contribution in [2.24, 2.45) is 0 Å². The number of unbranched alkanes of at least 4 members (excludes halogenated alkanes) is 28. The van der Waals surface area contributed by atoms with Crippen molar-refractivity contribution in [1.29, 1.82) is 0 Å². The van der Waals surface area contributed by atoms with Crippen LogP contribution in [0.1, 0.15) is 239 Å². The number of allylic oxidation sites excluding steroid dienone is 6. The highest BCUT2D eigenvalue weighted by molar-refractivity contribution is 5.76. The van der Waals surface area contributed by atoms with Crippen LogP contribution in [0.4, 0.5) is 0 Å². The van der Waals surface area contributed by atoms with Crippen LogP contribution in [0.5, 0.6) is 0 Å². The number of amides is 1. The third-order valence-corrected chi connectivity index (χ3v) is 12.5. The van der Waals surface area contributed by atoms with Gasteiger partial charge in [-0.15, -0.1) is 0 Å². The molecular formula is C53H99NO8. The molecule has 0 bridgehead atoms. The Morgan fingerprint density at radius 1 is 0.565 bits per heavy atom. The van der Waals surface area contributed by atoms with Crippen molar-refractivity contribution in [3.05, 3.63) is 36.5 Å². The molecule has 1 heterocycles. The Morgan fingerprint density at radius 2 is 1.00 bits per heavy atom. The summed E-state index contributed by atoms with van der Waals surface area (Å²) in [6, 6.07) is -0.728. The van der Waals surface area contributed by atoms with E-state index in [9.17, 15) is 30.3 Å². The second-order valence-electron chi connectivity index (χ2n) is 18.3. The van der Waals surface area contributed by atoms with Gasteiger partial charge in [0, 0.05) is 6.42 Å². The molecule has 1 fully saturated rings. The zero-order valence-electron chi connectivity index (χ0n) is 40.1. The predicted molar refractivity (Wildman–Crippen MR) is 258 cm³/mol. The third-order valence-electron chi connectivity index (χ3n) is 12.5. The minimum Gasteiger partial charge on any atom is -0.394 e. The molecule has 1 amide bonds. The van der Waals surface area contributed by atoms with Crippen molar-refractivity contribution < 1.29 is 39.8 Å². The van der Waals surface area contributed by atoms with Crippen molar-refractivity contribution in [3.8, 4) is 0 Å². The molecule has 6 N–H and O–H groups in total. The molecule has 364 valence electrons. The average Bonchev–Trinajstić information content (AvgIpc) is 3.27. The van der Waals surface area contributed by atoms with E-state index in [1.165, 1.54) is 135 Å². The molecule has 0 aromatic carbocycles. The Balaban J connectivity index is 2.23. The van der Waals surface area contributed by atoms with Gasteiger partial charge in [-0.25, -0.2) is 0 Å². The molecule has 7 atom stereocenters. The normalized spacial score (nSPS) is 20.5. The van der Waals surface area contributed by atoms with E-state index in [0.29, 0.717) is 12.8 Å². The number of carbonyl (C=O) groups is 1. The molecule has 9 heteroatoms. The van der Waals surface area contributed by atoms with Crippen LogP contribution in [0.2, 0.25) is 0 Å². The van der Waals surface area contributed by atoms with Gasteiger partial charge in [0.2, 0.25) is 5.91 Å². The Morgan fingerprint density at radius 3 is 1.48 bits per heavy atom. The van der Waals surface area contributed by atoms with Crippen LogP contribution in [-0.4, -0.2) is 87.5 Å². The number of nitrogens with one attached hydrogen (secondary N) is 1. The summed E-state index contributed by atoms with van der Waals surface area (Å²) < 4.78 is 11.3. The van der Waals surface area contributed by atoms with E-state index in [0.717, 1.165) is 77.0 Å². The van der Waals surface area contributed by atoms with Gasteiger partial charge in [-0.2, -0.15) is 0 Å². The van der Waals surface area contributed by atoms with Crippen molar-refractivity contribution in [2.75, 3.05) is 13.2 Å². The van der Waals surface area contributed by atoms with E-state index in [2.05, 4.69) is 55.6 Å². The third kappa shape index (κ3) is 33.0. The Kier molecular flexibility index (Phi) is 40.8. The molecule has 0 spiro atoms. The molecule has 0 radical (unpaired) electrons. The van der Waals surface area contributed by atoms with Gasteiger partial charge in [-0.3, -0.25) is 4.79 Å². The maximum absolute atomic E-state index is 13.0. The summed E-state index contributed by atoms with van der Waals surface area (Å²) in [6.45, 7) is 3.73. The maximum atomic E-state index is 13.0. The fourth-order valence-electron chi connectivity index (χ4n) is 8.35. The number of hydrogen-bond acceptors (Lipinski definition) is 8. The van der Waals surface area contributed by atoms with Crippen LogP contribution in [-0.2, 0) is 14.3 Å². The van der Waals surface area contributed by atoms with Crippen molar-refractivity contribution in [2.45, 2.75) is 281 Å². The molecule has 0 aromatic heterocycles. The minimum atomic E-state index is -1.56. The van der Waals surface area contributed by atoms with E-state index in [1.807, 2.05) is 0 Å². The molecule has 0 saturated carbocycles. The highest BCUT2D eigenvalue weighted by Crippen LogP contribution is 2.23. The van der Waals surface area contributed by atoms with Gasteiger partial charge in [0.15, 0.2) is 6.29 Å². The molecule has 1 aliphatic rings. The SMILES string of the molecule is CC/C=C\C/C=C\C/C=C\CCCCCCCC(=O)NC(COC1OC(CO)C(O)C(O)C1O)C(O)CCCCCCCCCCCCCCCCCCCCCCCCCC. The maximum Gasteiger partial charge on any atom is 0.220 e. The summed E-state index contributed by atoms with van der Waals surface area (Å²) >= 11 is 0. The van der Waals surface area contributed by atoms with Crippen LogP contribution < -0.4 is 5.32 Å². The number of hydrogen-bond donors (Lipinski definition) is 6. The first-order valence-electron chi connectivity index (χ1n) is 26.2. The summed E-state index contributed by atoms with van der Waals surface area (Å²) in [5.74, 6) is -0.160. The summed E-state index contributed by atoms with van der Waals surface area (Å²) in [5.41, 5.74) is 0. The standard InChI is InChI=1S/C53H99NO8/c1-3-5-7-9-11-13-15-17-19-20-21-22-23-24-25-26-27-29-30-32-34-36-38-40-42-47(56)46(45-61-53-52(60)51(59)50(58)48(44-55)62-53)54-49(57)43-41-39-37-35-33-31-28-18-16-14-12-10-8-6-4-2/h6,8,12,14,18,28,46-48,50-53,55-56,58-60H,3-5,7,9-11,13,15-17,19-27,29-45H2,1-2H3,(H,54,57)/b8-6-,14-12-,28-18-. The lowest BCUT2D eigenvalue weighted by Gasteiger charge is -2.40. The lowest BCUT2D eigenvalue weighted by molar-refractivity contribution is -0.302. The van der Waals surface area contributed by atoms with Crippen molar-refractivity contribution >= 4 is 5.91 Å².